The molecule has 2 aromatic rings. The number of rotatable bonds is 4. The molecule has 1 heterocycles. The molecule has 0 aliphatic carbocycles. The zero-order valence-electron chi connectivity index (χ0n) is 10.9. The first-order valence-electron chi connectivity index (χ1n) is 6.01. The quantitative estimate of drug-likeness (QED) is 0.939. The highest BCUT2D eigenvalue weighted by atomic mass is 35.5. The van der Waals surface area contributed by atoms with Gasteiger partial charge in [0.05, 0.1) is 5.69 Å². The minimum absolute atomic E-state index is 0.539. The summed E-state index contributed by atoms with van der Waals surface area (Å²) in [4.78, 5) is 8.95. The van der Waals surface area contributed by atoms with E-state index in [4.69, 9.17) is 23.2 Å². The summed E-state index contributed by atoms with van der Waals surface area (Å²) in [7, 11) is 1.89. The van der Waals surface area contributed by atoms with Gasteiger partial charge in [-0.05, 0) is 37.7 Å². The Balaban J connectivity index is 2.33. The first-order valence-corrected chi connectivity index (χ1v) is 6.76. The van der Waals surface area contributed by atoms with Gasteiger partial charge in [-0.2, -0.15) is 0 Å². The lowest BCUT2D eigenvalue weighted by Crippen LogP contribution is -2.10. The fourth-order valence-electron chi connectivity index (χ4n) is 1.91. The number of hydrogen-bond acceptors (Lipinski definition) is 3. The number of nitrogens with one attached hydrogen (secondary N) is 1. The summed E-state index contributed by atoms with van der Waals surface area (Å²) in [5.41, 5.74) is 2.78. The molecule has 0 saturated carbocycles. The van der Waals surface area contributed by atoms with E-state index in [0.29, 0.717) is 23.0 Å². The Labute approximate surface area is 123 Å². The minimum atomic E-state index is 0.539. The molecule has 1 aromatic heterocycles. The molecular formula is C14H15Cl2N3. The van der Waals surface area contributed by atoms with Crippen molar-refractivity contribution in [1.82, 2.24) is 15.3 Å². The van der Waals surface area contributed by atoms with E-state index in [9.17, 15) is 0 Å². The summed E-state index contributed by atoms with van der Waals surface area (Å²) in [6.45, 7) is 2.67. The number of halogens is 2. The van der Waals surface area contributed by atoms with Crippen LogP contribution in [0.5, 0.6) is 0 Å². The van der Waals surface area contributed by atoms with Crippen LogP contribution in [0, 0.1) is 6.92 Å². The summed E-state index contributed by atoms with van der Waals surface area (Å²) in [5.74, 6) is 0.736. The van der Waals surface area contributed by atoms with E-state index in [0.717, 1.165) is 22.8 Å². The van der Waals surface area contributed by atoms with E-state index in [1.807, 2.05) is 38.2 Å². The fraction of sp³-hybridized carbons (Fsp3) is 0.286. The van der Waals surface area contributed by atoms with Crippen LogP contribution in [-0.4, -0.2) is 17.0 Å². The molecule has 19 heavy (non-hydrogen) atoms. The van der Waals surface area contributed by atoms with Gasteiger partial charge in [-0.3, -0.25) is 0 Å². The van der Waals surface area contributed by atoms with E-state index in [2.05, 4.69) is 15.3 Å². The van der Waals surface area contributed by atoms with Gasteiger partial charge in [-0.25, -0.2) is 9.97 Å². The van der Waals surface area contributed by atoms with Crippen molar-refractivity contribution in [3.05, 3.63) is 57.1 Å². The van der Waals surface area contributed by atoms with Crippen LogP contribution in [0.2, 0.25) is 10.0 Å². The Morgan fingerprint density at radius 3 is 2.47 bits per heavy atom. The molecule has 0 radical (unpaired) electrons. The second-order valence-electron chi connectivity index (χ2n) is 4.32. The number of nitrogens with zero attached hydrogens (tertiary/aromatic N) is 2. The maximum atomic E-state index is 6.17. The maximum Gasteiger partial charge on any atom is 0.133 e. The molecule has 0 atom stereocenters. The number of benzene rings is 1. The van der Waals surface area contributed by atoms with Crippen LogP contribution < -0.4 is 5.32 Å². The average Bonchev–Trinajstić information content (AvgIpc) is 2.34. The summed E-state index contributed by atoms with van der Waals surface area (Å²) >= 11 is 12.3. The van der Waals surface area contributed by atoms with E-state index < -0.39 is 0 Å². The Hall–Kier alpha value is -1.16. The van der Waals surface area contributed by atoms with Crippen LogP contribution in [0.3, 0.4) is 0 Å². The Morgan fingerprint density at radius 2 is 1.84 bits per heavy atom. The lowest BCUT2D eigenvalue weighted by molar-refractivity contribution is 0.767. The monoisotopic (exact) mass is 295 g/mol. The summed E-state index contributed by atoms with van der Waals surface area (Å²) < 4.78 is 0. The molecule has 2 rings (SSSR count). The van der Waals surface area contributed by atoms with Gasteiger partial charge in [0.25, 0.3) is 0 Å². The second-order valence-corrected chi connectivity index (χ2v) is 5.14. The van der Waals surface area contributed by atoms with Gasteiger partial charge in [0.1, 0.15) is 5.82 Å². The average molecular weight is 296 g/mol. The normalized spacial score (nSPS) is 10.7. The third-order valence-electron chi connectivity index (χ3n) is 2.71. The predicted molar refractivity (Wildman–Crippen MR) is 78.8 cm³/mol. The van der Waals surface area contributed by atoms with Gasteiger partial charge in [0, 0.05) is 28.7 Å². The van der Waals surface area contributed by atoms with Gasteiger partial charge in [0.2, 0.25) is 0 Å². The molecule has 0 fully saturated rings. The third kappa shape index (κ3) is 3.66. The molecule has 0 amide bonds. The minimum Gasteiger partial charge on any atom is -0.314 e. The Kier molecular flexibility index (Phi) is 4.75. The number of hydrogen-bond donors (Lipinski definition) is 1. The van der Waals surface area contributed by atoms with Gasteiger partial charge in [0.15, 0.2) is 0 Å². The van der Waals surface area contributed by atoms with E-state index >= 15 is 0 Å². The molecule has 0 unspecified atom stereocenters. The largest absolute Gasteiger partial charge is 0.314 e. The van der Waals surface area contributed by atoms with Crippen LogP contribution in [0.4, 0.5) is 0 Å². The molecule has 100 valence electrons. The molecule has 3 nitrogen and oxygen atoms in total. The summed E-state index contributed by atoms with van der Waals surface area (Å²) in [6.07, 6.45) is 0.539. The zero-order valence-corrected chi connectivity index (χ0v) is 12.4. The molecule has 0 aliphatic heterocycles. The molecular weight excluding hydrogens is 281 g/mol. The lowest BCUT2D eigenvalue weighted by atomic mass is 10.1. The van der Waals surface area contributed by atoms with E-state index in [1.165, 1.54) is 0 Å². The van der Waals surface area contributed by atoms with Crippen molar-refractivity contribution in [2.24, 2.45) is 0 Å². The predicted octanol–water partition coefficient (Wildman–Crippen LogP) is 3.40. The maximum absolute atomic E-state index is 6.17. The molecule has 0 aliphatic rings. The molecule has 0 bridgehead atoms. The number of aryl methyl sites for hydroxylation is 1. The Morgan fingerprint density at radius 1 is 1.16 bits per heavy atom. The highest BCUT2D eigenvalue weighted by Gasteiger charge is 2.09. The number of aromatic nitrogens is 2. The van der Waals surface area contributed by atoms with Crippen LogP contribution in [0.15, 0.2) is 24.3 Å². The standard InChI is InChI=1S/C14H15Cl2N3/c1-9-6-10(8-17-2)19-14(18-9)7-11-12(15)4-3-5-13(11)16/h3-6,17H,7-8H2,1-2H3. The van der Waals surface area contributed by atoms with Gasteiger partial charge < -0.3 is 5.32 Å². The van der Waals surface area contributed by atoms with Crippen LogP contribution in [-0.2, 0) is 13.0 Å². The highest BCUT2D eigenvalue weighted by Crippen LogP contribution is 2.26. The Bertz CT molecular complexity index is 565. The van der Waals surface area contributed by atoms with Crippen LogP contribution in [0.1, 0.15) is 22.8 Å². The molecule has 0 spiro atoms. The lowest BCUT2D eigenvalue weighted by Gasteiger charge is -2.08. The van der Waals surface area contributed by atoms with Crippen molar-refractivity contribution in [2.45, 2.75) is 19.9 Å². The first-order chi connectivity index (χ1) is 9.10. The van der Waals surface area contributed by atoms with Crippen molar-refractivity contribution < 1.29 is 0 Å². The third-order valence-corrected chi connectivity index (χ3v) is 3.42. The topological polar surface area (TPSA) is 37.8 Å². The van der Waals surface area contributed by atoms with Crippen molar-refractivity contribution in [3.8, 4) is 0 Å². The molecule has 0 saturated heterocycles. The smallest absolute Gasteiger partial charge is 0.133 e. The van der Waals surface area contributed by atoms with Crippen molar-refractivity contribution in [2.75, 3.05) is 7.05 Å². The van der Waals surface area contributed by atoms with Crippen molar-refractivity contribution >= 4 is 23.2 Å². The fourth-order valence-corrected chi connectivity index (χ4v) is 2.44. The van der Waals surface area contributed by atoms with E-state index in [-0.39, 0.29) is 0 Å². The van der Waals surface area contributed by atoms with Crippen molar-refractivity contribution in [1.29, 1.82) is 0 Å². The molecule has 1 aromatic carbocycles. The van der Waals surface area contributed by atoms with E-state index in [1.54, 1.807) is 0 Å². The molecule has 1 N–H and O–H groups in total. The van der Waals surface area contributed by atoms with Gasteiger partial charge in [-0.1, -0.05) is 29.3 Å². The highest BCUT2D eigenvalue weighted by molar-refractivity contribution is 6.36. The summed E-state index contributed by atoms with van der Waals surface area (Å²) in [5, 5.41) is 4.37. The van der Waals surface area contributed by atoms with Gasteiger partial charge >= 0.3 is 0 Å². The SMILES string of the molecule is CNCc1cc(C)nc(Cc2c(Cl)cccc2Cl)n1. The zero-order chi connectivity index (χ0) is 13.8. The summed E-state index contributed by atoms with van der Waals surface area (Å²) in [6, 6.07) is 7.45. The first kappa shape index (κ1) is 14.3. The van der Waals surface area contributed by atoms with Crippen LogP contribution >= 0.6 is 23.2 Å². The second kappa shape index (κ2) is 6.33. The molecule has 5 heteroatoms. The van der Waals surface area contributed by atoms with Crippen LogP contribution in [0.25, 0.3) is 0 Å². The van der Waals surface area contributed by atoms with Crippen molar-refractivity contribution in [3.63, 3.8) is 0 Å². The van der Waals surface area contributed by atoms with Gasteiger partial charge in [-0.15, -0.1) is 0 Å².